The number of anilines is 2. The van der Waals surface area contributed by atoms with Crippen molar-refractivity contribution in [3.8, 4) is 11.5 Å². The van der Waals surface area contributed by atoms with Gasteiger partial charge in [-0.25, -0.2) is 4.79 Å². The van der Waals surface area contributed by atoms with Crippen molar-refractivity contribution in [2.45, 2.75) is 19.4 Å². The molecule has 138 valence electrons. The number of rotatable bonds is 6. The van der Waals surface area contributed by atoms with Crippen molar-refractivity contribution < 1.29 is 14.3 Å². The molecule has 6 heteroatoms. The maximum Gasteiger partial charge on any atom is 0.323 e. The van der Waals surface area contributed by atoms with Crippen molar-refractivity contribution in [3.63, 3.8) is 0 Å². The first-order valence-electron chi connectivity index (χ1n) is 8.79. The average Bonchev–Trinajstić information content (AvgIpc) is 3.16. The Morgan fingerprint density at radius 1 is 1.00 bits per heavy atom. The lowest BCUT2D eigenvalue weighted by molar-refractivity contribution is 0.262. The molecule has 1 saturated heterocycles. The van der Waals surface area contributed by atoms with E-state index in [1.165, 1.54) is 31.5 Å². The summed E-state index contributed by atoms with van der Waals surface area (Å²) in [4.78, 5) is 14.7. The molecular weight excluding hydrogens is 330 g/mol. The zero-order valence-electron chi connectivity index (χ0n) is 15.2. The van der Waals surface area contributed by atoms with E-state index in [1.54, 1.807) is 32.4 Å². The molecule has 2 aromatic carbocycles. The van der Waals surface area contributed by atoms with Crippen LogP contribution in [0.3, 0.4) is 0 Å². The van der Waals surface area contributed by atoms with E-state index in [9.17, 15) is 4.79 Å². The molecule has 1 aliphatic heterocycles. The van der Waals surface area contributed by atoms with Gasteiger partial charge in [0, 0.05) is 18.3 Å². The lowest BCUT2D eigenvalue weighted by atomic mass is 10.2. The summed E-state index contributed by atoms with van der Waals surface area (Å²) >= 11 is 0. The number of urea groups is 1. The molecule has 2 N–H and O–H groups in total. The molecule has 1 heterocycles. The first-order chi connectivity index (χ1) is 12.7. The summed E-state index contributed by atoms with van der Waals surface area (Å²) in [6.45, 7) is 3.31. The zero-order chi connectivity index (χ0) is 18.4. The Balaban J connectivity index is 1.59. The van der Waals surface area contributed by atoms with E-state index in [2.05, 4.69) is 27.7 Å². The molecule has 2 aromatic rings. The summed E-state index contributed by atoms with van der Waals surface area (Å²) in [5.74, 6) is 1.22. The van der Waals surface area contributed by atoms with Crippen molar-refractivity contribution >= 4 is 17.4 Å². The summed E-state index contributed by atoms with van der Waals surface area (Å²) in [6.07, 6.45) is 2.57. The Bertz CT molecular complexity index is 740. The highest BCUT2D eigenvalue weighted by Crippen LogP contribution is 2.29. The molecule has 0 spiro atoms. The van der Waals surface area contributed by atoms with E-state index >= 15 is 0 Å². The Morgan fingerprint density at radius 2 is 1.73 bits per heavy atom. The zero-order valence-corrected chi connectivity index (χ0v) is 15.2. The number of nitrogens with one attached hydrogen (secondary N) is 2. The minimum Gasteiger partial charge on any atom is -0.497 e. The van der Waals surface area contributed by atoms with Gasteiger partial charge in [-0.15, -0.1) is 0 Å². The molecule has 0 radical (unpaired) electrons. The molecule has 0 aromatic heterocycles. The van der Waals surface area contributed by atoms with Gasteiger partial charge in [-0.2, -0.15) is 0 Å². The van der Waals surface area contributed by atoms with Crippen LogP contribution in [-0.4, -0.2) is 38.2 Å². The van der Waals surface area contributed by atoms with E-state index in [0.717, 1.165) is 12.2 Å². The number of hydrogen-bond donors (Lipinski definition) is 2. The maximum absolute atomic E-state index is 12.3. The average molecular weight is 355 g/mol. The monoisotopic (exact) mass is 355 g/mol. The van der Waals surface area contributed by atoms with Gasteiger partial charge in [-0.1, -0.05) is 12.1 Å². The van der Waals surface area contributed by atoms with Gasteiger partial charge in [0.05, 0.1) is 19.9 Å². The number of hydrogen-bond acceptors (Lipinski definition) is 4. The van der Waals surface area contributed by atoms with Crippen LogP contribution < -0.4 is 20.1 Å². The summed E-state index contributed by atoms with van der Waals surface area (Å²) < 4.78 is 10.5. The minimum absolute atomic E-state index is 0.330. The molecule has 2 amide bonds. The quantitative estimate of drug-likeness (QED) is 0.824. The van der Waals surface area contributed by atoms with E-state index in [1.807, 2.05) is 12.1 Å². The third-order valence-corrected chi connectivity index (χ3v) is 4.47. The summed E-state index contributed by atoms with van der Waals surface area (Å²) in [6, 6.07) is 12.9. The minimum atomic E-state index is -0.330. The van der Waals surface area contributed by atoms with Gasteiger partial charge < -0.3 is 20.1 Å². The van der Waals surface area contributed by atoms with Crippen LogP contribution >= 0.6 is 0 Å². The summed E-state index contributed by atoms with van der Waals surface area (Å²) in [7, 11) is 3.14. The molecule has 0 atom stereocenters. The molecule has 0 saturated carbocycles. The standard InChI is InChI=1S/C20H25N3O3/c1-25-17-9-10-19(26-2)18(13-17)22-20(24)21-16-7-5-15(6-8-16)14-23-11-3-4-12-23/h5-10,13H,3-4,11-12,14H2,1-2H3,(H2,21,22,24). The van der Waals surface area contributed by atoms with E-state index < -0.39 is 0 Å². The SMILES string of the molecule is COc1ccc(OC)c(NC(=O)Nc2ccc(CN3CCCC3)cc2)c1. The number of nitrogens with zero attached hydrogens (tertiary/aromatic N) is 1. The van der Waals surface area contributed by atoms with Crippen LogP contribution in [0, 0.1) is 0 Å². The Kier molecular flexibility index (Phi) is 5.96. The van der Waals surface area contributed by atoms with Crippen molar-refractivity contribution in [1.82, 2.24) is 4.90 Å². The first-order valence-corrected chi connectivity index (χ1v) is 8.79. The lowest BCUT2D eigenvalue weighted by Crippen LogP contribution is -2.20. The number of benzene rings is 2. The van der Waals surface area contributed by atoms with E-state index in [-0.39, 0.29) is 6.03 Å². The van der Waals surface area contributed by atoms with Crippen LogP contribution in [0.15, 0.2) is 42.5 Å². The van der Waals surface area contributed by atoms with E-state index in [0.29, 0.717) is 17.2 Å². The van der Waals surface area contributed by atoms with Crippen LogP contribution in [0.4, 0.5) is 16.2 Å². The Hall–Kier alpha value is -2.73. The van der Waals surface area contributed by atoms with Crippen LogP contribution in [0.25, 0.3) is 0 Å². The number of carbonyl (C=O) groups is 1. The van der Waals surface area contributed by atoms with Gasteiger partial charge in [0.1, 0.15) is 11.5 Å². The highest BCUT2D eigenvalue weighted by molar-refractivity contribution is 6.00. The largest absolute Gasteiger partial charge is 0.497 e. The highest BCUT2D eigenvalue weighted by Gasteiger charge is 2.12. The van der Waals surface area contributed by atoms with Crippen molar-refractivity contribution in [3.05, 3.63) is 48.0 Å². The molecule has 3 rings (SSSR count). The van der Waals surface area contributed by atoms with Crippen LogP contribution in [0.1, 0.15) is 18.4 Å². The number of amides is 2. The molecule has 1 fully saturated rings. The summed E-state index contributed by atoms with van der Waals surface area (Å²) in [5, 5.41) is 5.63. The molecule has 0 aliphatic carbocycles. The molecule has 0 unspecified atom stereocenters. The topological polar surface area (TPSA) is 62.8 Å². The fourth-order valence-electron chi connectivity index (χ4n) is 3.09. The number of methoxy groups -OCH3 is 2. The molecule has 6 nitrogen and oxygen atoms in total. The van der Waals surface area contributed by atoms with Crippen LogP contribution in [0.5, 0.6) is 11.5 Å². The van der Waals surface area contributed by atoms with Crippen molar-refractivity contribution in [1.29, 1.82) is 0 Å². The highest BCUT2D eigenvalue weighted by atomic mass is 16.5. The third-order valence-electron chi connectivity index (χ3n) is 4.47. The van der Waals surface area contributed by atoms with Gasteiger partial charge in [0.15, 0.2) is 0 Å². The number of ether oxygens (including phenoxy) is 2. The summed E-state index contributed by atoms with van der Waals surface area (Å²) in [5.41, 5.74) is 2.55. The van der Waals surface area contributed by atoms with Crippen molar-refractivity contribution in [2.75, 3.05) is 37.9 Å². The fourth-order valence-corrected chi connectivity index (χ4v) is 3.09. The van der Waals surface area contributed by atoms with Gasteiger partial charge in [0.25, 0.3) is 0 Å². The lowest BCUT2D eigenvalue weighted by Gasteiger charge is -2.15. The Morgan fingerprint density at radius 3 is 2.38 bits per heavy atom. The van der Waals surface area contributed by atoms with Gasteiger partial charge in [0.2, 0.25) is 0 Å². The van der Waals surface area contributed by atoms with Crippen LogP contribution in [0.2, 0.25) is 0 Å². The maximum atomic E-state index is 12.3. The fraction of sp³-hybridized carbons (Fsp3) is 0.350. The van der Waals surface area contributed by atoms with Crippen LogP contribution in [-0.2, 0) is 6.54 Å². The molecular formula is C20H25N3O3. The predicted molar refractivity (Wildman–Crippen MR) is 103 cm³/mol. The second kappa shape index (κ2) is 8.58. The van der Waals surface area contributed by atoms with Gasteiger partial charge in [-0.3, -0.25) is 4.90 Å². The number of carbonyl (C=O) groups excluding carboxylic acids is 1. The number of likely N-dealkylation sites (tertiary alicyclic amines) is 1. The first kappa shape index (κ1) is 18.1. The third kappa shape index (κ3) is 4.67. The van der Waals surface area contributed by atoms with E-state index in [4.69, 9.17) is 9.47 Å². The normalized spacial score (nSPS) is 14.1. The predicted octanol–water partition coefficient (Wildman–Crippen LogP) is 3.94. The molecule has 1 aliphatic rings. The molecule has 26 heavy (non-hydrogen) atoms. The smallest absolute Gasteiger partial charge is 0.323 e. The van der Waals surface area contributed by atoms with Gasteiger partial charge >= 0.3 is 6.03 Å². The Labute approximate surface area is 154 Å². The van der Waals surface area contributed by atoms with Crippen molar-refractivity contribution in [2.24, 2.45) is 0 Å². The van der Waals surface area contributed by atoms with Gasteiger partial charge in [-0.05, 0) is 55.8 Å². The second-order valence-electron chi connectivity index (χ2n) is 6.33. The second-order valence-corrected chi connectivity index (χ2v) is 6.33. The molecule has 0 bridgehead atoms.